The second-order valence-corrected chi connectivity index (χ2v) is 12.8. The van der Waals surface area contributed by atoms with Crippen molar-refractivity contribution in [3.63, 3.8) is 0 Å². The Kier molecular flexibility index (Phi) is 6.00. The Bertz CT molecular complexity index is 2570. The minimum atomic E-state index is 0.421. The van der Waals surface area contributed by atoms with E-state index >= 15 is 0 Å². The molecule has 3 nitrogen and oxygen atoms in total. The van der Waals surface area contributed by atoms with Crippen molar-refractivity contribution in [3.05, 3.63) is 132 Å². The van der Waals surface area contributed by atoms with Gasteiger partial charge in [0, 0.05) is 57.0 Å². The van der Waals surface area contributed by atoms with Crippen LogP contribution < -0.4 is 0 Å². The van der Waals surface area contributed by atoms with Gasteiger partial charge in [0.25, 0.3) is 0 Å². The third kappa shape index (κ3) is 4.06. The lowest BCUT2D eigenvalue weighted by Crippen LogP contribution is -1.94. The Labute approximate surface area is 261 Å². The predicted octanol–water partition coefficient (Wildman–Crippen LogP) is 11.0. The number of hydrogen-bond acceptors (Lipinski definition) is 5. The van der Waals surface area contributed by atoms with Crippen molar-refractivity contribution in [2.24, 2.45) is 0 Å². The van der Waals surface area contributed by atoms with Crippen molar-refractivity contribution >= 4 is 63.0 Å². The zero-order chi connectivity index (χ0) is 29.8. The molecule has 0 atom stereocenters. The molecule has 0 radical (unpaired) electrons. The minimum absolute atomic E-state index is 0.421. The molecule has 5 heteroatoms. The maximum absolute atomic E-state index is 10.8. The van der Waals surface area contributed by atoms with Gasteiger partial charge in [-0.25, -0.2) is 0 Å². The highest BCUT2D eigenvalue weighted by Crippen LogP contribution is 2.45. The lowest BCUT2D eigenvalue weighted by Gasteiger charge is -2.15. The van der Waals surface area contributed by atoms with Gasteiger partial charge in [-0.3, -0.25) is 0 Å². The molecule has 0 bridgehead atoms. The number of benzene rings is 6. The molecule has 6 aromatic carbocycles. The monoisotopic (exact) mass is 593 g/mol. The van der Waals surface area contributed by atoms with Crippen LogP contribution in [0.2, 0.25) is 0 Å². The molecule has 0 aliphatic heterocycles. The molecule has 0 N–H and O–H groups in total. The van der Waals surface area contributed by atoms with Gasteiger partial charge in [0.2, 0.25) is 0 Å². The lowest BCUT2D eigenvalue weighted by molar-refractivity contribution is 1.44. The van der Waals surface area contributed by atoms with E-state index in [1.165, 1.54) is 25.6 Å². The van der Waals surface area contributed by atoms with E-state index in [1.807, 2.05) is 24.3 Å². The summed E-state index contributed by atoms with van der Waals surface area (Å²) in [6.07, 6.45) is 0. The first-order valence-electron chi connectivity index (χ1n) is 14.0. The van der Waals surface area contributed by atoms with Crippen molar-refractivity contribution in [2.45, 2.75) is 0 Å². The van der Waals surface area contributed by atoms with Gasteiger partial charge >= 0.3 is 0 Å². The van der Waals surface area contributed by atoms with Crippen LogP contribution in [0.5, 0.6) is 0 Å². The van der Waals surface area contributed by atoms with E-state index in [2.05, 4.69) is 103 Å². The summed E-state index contributed by atoms with van der Waals surface area (Å²) in [6.45, 7) is 0. The van der Waals surface area contributed by atoms with Crippen molar-refractivity contribution in [2.75, 3.05) is 0 Å². The molecule has 8 aromatic rings. The van der Waals surface area contributed by atoms with Gasteiger partial charge in [0.05, 0.1) is 28.8 Å². The van der Waals surface area contributed by atoms with Crippen LogP contribution in [-0.4, -0.2) is 0 Å². The van der Waals surface area contributed by atoms with E-state index in [0.717, 1.165) is 48.2 Å². The fourth-order valence-electron chi connectivity index (χ4n) is 6.15. The molecule has 0 amide bonds. The van der Waals surface area contributed by atoms with Crippen molar-refractivity contribution < 1.29 is 0 Å². The summed E-state index contributed by atoms with van der Waals surface area (Å²) >= 11 is 3.47. The fraction of sp³-hybridized carbons (Fsp3) is 0. The summed E-state index contributed by atoms with van der Waals surface area (Å²) in [4.78, 5) is 0. The first-order valence-corrected chi connectivity index (χ1v) is 15.6. The molecule has 8 rings (SSSR count). The highest BCUT2D eigenvalue weighted by atomic mass is 32.1. The van der Waals surface area contributed by atoms with E-state index in [9.17, 15) is 15.8 Å². The Morgan fingerprint density at radius 1 is 0.409 bits per heavy atom. The molecule has 0 aliphatic carbocycles. The molecule has 0 spiro atoms. The highest BCUT2D eigenvalue weighted by Gasteiger charge is 2.20. The maximum Gasteiger partial charge on any atom is 0.100 e. The SMILES string of the molecule is N#Cc1cc(C#N)cc(-c2cc(-c3ccc4c(c3)sc3ccccc34)c(C#N)c(-c3cccc4c3sc3ccccc34)c2)c1. The maximum atomic E-state index is 10.8. The van der Waals surface area contributed by atoms with Crippen LogP contribution >= 0.6 is 22.7 Å². The van der Waals surface area contributed by atoms with Crippen LogP contribution in [0, 0.1) is 34.0 Å². The number of rotatable bonds is 3. The molecule has 44 heavy (non-hydrogen) atoms. The topological polar surface area (TPSA) is 71.4 Å². The van der Waals surface area contributed by atoms with Gasteiger partial charge in [0.1, 0.15) is 6.07 Å². The van der Waals surface area contributed by atoms with Gasteiger partial charge in [0.15, 0.2) is 0 Å². The van der Waals surface area contributed by atoms with Crippen molar-refractivity contribution in [3.8, 4) is 51.6 Å². The third-order valence-electron chi connectivity index (χ3n) is 8.16. The fourth-order valence-corrected chi connectivity index (χ4v) is 8.52. The molecular weight excluding hydrogens is 575 g/mol. The minimum Gasteiger partial charge on any atom is -0.192 e. The number of nitrogens with zero attached hydrogens (tertiary/aromatic N) is 3. The third-order valence-corrected chi connectivity index (χ3v) is 10.5. The van der Waals surface area contributed by atoms with E-state index in [4.69, 9.17) is 0 Å². The normalized spacial score (nSPS) is 11.1. The lowest BCUT2D eigenvalue weighted by atomic mass is 9.87. The van der Waals surface area contributed by atoms with Crippen LogP contribution in [0.3, 0.4) is 0 Å². The summed E-state index contributed by atoms with van der Waals surface area (Å²) < 4.78 is 4.70. The van der Waals surface area contributed by atoms with E-state index < -0.39 is 0 Å². The van der Waals surface area contributed by atoms with Gasteiger partial charge in [-0.15, -0.1) is 22.7 Å². The summed E-state index contributed by atoms with van der Waals surface area (Å²) in [6, 6.07) is 45.7. The second-order valence-electron chi connectivity index (χ2n) is 10.7. The number of fused-ring (bicyclic) bond motifs is 6. The predicted molar refractivity (Wildman–Crippen MR) is 183 cm³/mol. The van der Waals surface area contributed by atoms with E-state index in [1.54, 1.807) is 28.7 Å². The zero-order valence-corrected chi connectivity index (χ0v) is 24.8. The summed E-state index contributed by atoms with van der Waals surface area (Å²) in [7, 11) is 0. The zero-order valence-electron chi connectivity index (χ0n) is 23.1. The Balaban J connectivity index is 1.45. The molecular formula is C39H19N3S2. The van der Waals surface area contributed by atoms with Crippen LogP contribution in [0.4, 0.5) is 0 Å². The Hall–Kier alpha value is -5.77. The second kappa shape index (κ2) is 10.2. The largest absolute Gasteiger partial charge is 0.192 e. The molecule has 0 aliphatic rings. The molecule has 2 heterocycles. The molecule has 2 aromatic heterocycles. The smallest absolute Gasteiger partial charge is 0.100 e. The van der Waals surface area contributed by atoms with E-state index in [-0.39, 0.29) is 0 Å². The molecule has 202 valence electrons. The molecule has 0 saturated carbocycles. The summed E-state index contributed by atoms with van der Waals surface area (Å²) in [5.41, 5.74) is 6.63. The average molecular weight is 594 g/mol. The van der Waals surface area contributed by atoms with Crippen molar-refractivity contribution in [1.29, 1.82) is 15.8 Å². The quantitative estimate of drug-likeness (QED) is 0.205. The Morgan fingerprint density at radius 3 is 1.75 bits per heavy atom. The Morgan fingerprint density at radius 2 is 1.02 bits per heavy atom. The number of hydrogen-bond donors (Lipinski definition) is 0. The first kappa shape index (κ1) is 25.9. The van der Waals surface area contributed by atoms with Gasteiger partial charge in [-0.2, -0.15) is 15.8 Å². The molecule has 0 fully saturated rings. The van der Waals surface area contributed by atoms with E-state index in [0.29, 0.717) is 16.7 Å². The summed E-state index contributed by atoms with van der Waals surface area (Å²) in [5.74, 6) is 0. The van der Waals surface area contributed by atoms with Crippen LogP contribution in [0.25, 0.3) is 73.7 Å². The highest BCUT2D eigenvalue weighted by molar-refractivity contribution is 7.26. The standard InChI is InChI=1S/C39H19N3S2/c40-20-23-14-24(21-41)16-26(15-23)27-17-33(25-12-13-30-28-6-1-3-10-36(28)43-38(30)19-25)35(22-42)34(18-27)32-9-5-8-31-29-7-2-4-11-37(29)44-39(31)32/h1-19H. The van der Waals surface area contributed by atoms with Crippen LogP contribution in [0.15, 0.2) is 115 Å². The first-order chi connectivity index (χ1) is 21.6. The van der Waals surface area contributed by atoms with Gasteiger partial charge in [-0.05, 0) is 65.2 Å². The molecule has 0 saturated heterocycles. The van der Waals surface area contributed by atoms with Crippen LogP contribution in [-0.2, 0) is 0 Å². The summed E-state index contributed by atoms with van der Waals surface area (Å²) in [5, 5.41) is 35.0. The van der Waals surface area contributed by atoms with Gasteiger partial charge in [-0.1, -0.05) is 66.7 Å². The average Bonchev–Trinajstić information content (AvgIpc) is 3.65. The number of thiophene rings is 2. The van der Waals surface area contributed by atoms with Gasteiger partial charge < -0.3 is 0 Å². The molecule has 0 unspecified atom stereocenters. The van der Waals surface area contributed by atoms with Crippen LogP contribution in [0.1, 0.15) is 16.7 Å². The van der Waals surface area contributed by atoms with Crippen molar-refractivity contribution in [1.82, 2.24) is 0 Å². The number of nitriles is 3.